The molecule has 0 heterocycles. The minimum atomic E-state index is 0.458. The van der Waals surface area contributed by atoms with E-state index >= 15 is 0 Å². The molecule has 0 N–H and O–H groups in total. The third-order valence-electron chi connectivity index (χ3n) is 2.11. The minimum absolute atomic E-state index is 0.458. The van der Waals surface area contributed by atoms with Crippen LogP contribution in [0.5, 0.6) is 5.75 Å². The normalized spacial score (nSPS) is 10.0. The molecular weight excluding hydrogens is 212 g/mol. The van der Waals surface area contributed by atoms with Gasteiger partial charge < -0.3 is 9.47 Å². The first kappa shape index (κ1) is 13.3. The summed E-state index contributed by atoms with van der Waals surface area (Å²) in [5.41, 5.74) is 0.971. The summed E-state index contributed by atoms with van der Waals surface area (Å²) in [5, 5.41) is 0. The second-order valence-electron chi connectivity index (χ2n) is 3.43. The number of methoxy groups -OCH3 is 1. The summed E-state index contributed by atoms with van der Waals surface area (Å²) in [6, 6.07) is 7.66. The second kappa shape index (κ2) is 8.43. The van der Waals surface area contributed by atoms with Gasteiger partial charge in [0.05, 0.1) is 13.7 Å². The van der Waals surface area contributed by atoms with Gasteiger partial charge in [0, 0.05) is 5.56 Å². The first-order valence-corrected chi connectivity index (χ1v) is 5.72. The largest absolute Gasteiger partial charge is 0.497 e. The first-order valence-electron chi connectivity index (χ1n) is 5.72. The number of allylic oxidation sites excluding steroid dienone is 1. The van der Waals surface area contributed by atoms with Crippen molar-refractivity contribution in [2.45, 2.75) is 13.3 Å². The lowest BCUT2D eigenvalue weighted by Gasteiger charge is -1.97. The molecule has 0 aliphatic heterocycles. The van der Waals surface area contributed by atoms with Gasteiger partial charge in [0.25, 0.3) is 0 Å². The standard InChI is InChI=1S/C15H18O2/c1-3-4-5-12-17-13-6-7-14-8-10-15(16-2)11-9-14/h4-5,8-11H,3,12-13H2,1-2H3. The van der Waals surface area contributed by atoms with Gasteiger partial charge in [-0.15, -0.1) is 0 Å². The Morgan fingerprint density at radius 3 is 2.59 bits per heavy atom. The van der Waals surface area contributed by atoms with Crippen LogP contribution >= 0.6 is 0 Å². The van der Waals surface area contributed by atoms with Gasteiger partial charge in [0.2, 0.25) is 0 Å². The predicted molar refractivity (Wildman–Crippen MR) is 70.1 cm³/mol. The van der Waals surface area contributed by atoms with Crippen molar-refractivity contribution in [3.8, 4) is 17.6 Å². The molecule has 0 amide bonds. The van der Waals surface area contributed by atoms with Crippen LogP contribution in [0.3, 0.4) is 0 Å². The van der Waals surface area contributed by atoms with Crippen LogP contribution in [0.1, 0.15) is 18.9 Å². The molecule has 1 aromatic carbocycles. The number of hydrogen-bond acceptors (Lipinski definition) is 2. The van der Waals surface area contributed by atoms with Gasteiger partial charge in [-0.1, -0.05) is 30.9 Å². The predicted octanol–water partition coefficient (Wildman–Crippen LogP) is 3.03. The van der Waals surface area contributed by atoms with Gasteiger partial charge in [-0.25, -0.2) is 0 Å². The van der Waals surface area contributed by atoms with E-state index in [1.165, 1.54) is 0 Å². The molecule has 0 aromatic heterocycles. The third kappa shape index (κ3) is 5.79. The summed E-state index contributed by atoms with van der Waals surface area (Å²) in [6.07, 6.45) is 5.13. The van der Waals surface area contributed by atoms with E-state index in [9.17, 15) is 0 Å². The molecule has 0 spiro atoms. The number of ether oxygens (including phenoxy) is 2. The average Bonchev–Trinajstić information content (AvgIpc) is 2.38. The van der Waals surface area contributed by atoms with Crippen LogP contribution in [0, 0.1) is 11.8 Å². The van der Waals surface area contributed by atoms with Crippen molar-refractivity contribution in [3.05, 3.63) is 42.0 Å². The summed E-state index contributed by atoms with van der Waals surface area (Å²) in [7, 11) is 1.65. The SMILES string of the molecule is CCC=CCOCC#Cc1ccc(OC)cc1. The zero-order valence-corrected chi connectivity index (χ0v) is 10.4. The number of rotatable bonds is 5. The molecule has 0 fully saturated rings. The molecule has 0 bridgehead atoms. The Bertz CT molecular complexity index is 393. The molecule has 0 unspecified atom stereocenters. The van der Waals surface area contributed by atoms with Gasteiger partial charge in [0.15, 0.2) is 0 Å². The van der Waals surface area contributed by atoms with Crippen LogP contribution in [0.25, 0.3) is 0 Å². The first-order chi connectivity index (χ1) is 8.36. The summed E-state index contributed by atoms with van der Waals surface area (Å²) < 4.78 is 10.4. The quantitative estimate of drug-likeness (QED) is 0.440. The smallest absolute Gasteiger partial charge is 0.118 e. The maximum Gasteiger partial charge on any atom is 0.118 e. The Kier molecular flexibility index (Phi) is 6.62. The Labute approximate surface area is 103 Å². The van der Waals surface area contributed by atoms with Crippen molar-refractivity contribution >= 4 is 0 Å². The maximum absolute atomic E-state index is 5.32. The van der Waals surface area contributed by atoms with E-state index in [0.29, 0.717) is 13.2 Å². The van der Waals surface area contributed by atoms with Crippen molar-refractivity contribution in [2.24, 2.45) is 0 Å². The lowest BCUT2D eigenvalue weighted by Crippen LogP contribution is -1.90. The summed E-state index contributed by atoms with van der Waals surface area (Å²) in [4.78, 5) is 0. The lowest BCUT2D eigenvalue weighted by molar-refractivity contribution is 0.199. The Morgan fingerprint density at radius 1 is 1.18 bits per heavy atom. The van der Waals surface area contributed by atoms with Gasteiger partial charge in [-0.2, -0.15) is 0 Å². The molecule has 2 heteroatoms. The maximum atomic E-state index is 5.32. The Morgan fingerprint density at radius 2 is 1.94 bits per heavy atom. The van der Waals surface area contributed by atoms with Crippen LogP contribution < -0.4 is 4.74 Å². The van der Waals surface area contributed by atoms with Crippen LogP contribution in [-0.2, 0) is 4.74 Å². The molecule has 1 aromatic rings. The summed E-state index contributed by atoms with van der Waals surface area (Å²) >= 11 is 0. The Hall–Kier alpha value is -1.72. The molecule has 2 nitrogen and oxygen atoms in total. The van der Waals surface area contributed by atoms with Gasteiger partial charge in [-0.05, 0) is 30.7 Å². The Balaban J connectivity index is 2.30. The van der Waals surface area contributed by atoms with Gasteiger partial charge >= 0.3 is 0 Å². The zero-order valence-electron chi connectivity index (χ0n) is 10.4. The highest BCUT2D eigenvalue weighted by atomic mass is 16.5. The van der Waals surface area contributed by atoms with Crippen LogP contribution in [0.15, 0.2) is 36.4 Å². The van der Waals surface area contributed by atoms with Crippen molar-refractivity contribution in [1.29, 1.82) is 0 Å². The fourth-order valence-corrected chi connectivity index (χ4v) is 1.23. The van der Waals surface area contributed by atoms with E-state index in [1.54, 1.807) is 7.11 Å². The average molecular weight is 230 g/mol. The minimum Gasteiger partial charge on any atom is -0.497 e. The van der Waals surface area contributed by atoms with E-state index in [1.807, 2.05) is 30.3 Å². The summed E-state index contributed by atoms with van der Waals surface area (Å²) in [6.45, 7) is 3.19. The molecule has 1 rings (SSSR count). The van der Waals surface area contributed by atoms with E-state index < -0.39 is 0 Å². The topological polar surface area (TPSA) is 18.5 Å². The van der Waals surface area contributed by atoms with Crippen molar-refractivity contribution in [1.82, 2.24) is 0 Å². The lowest BCUT2D eigenvalue weighted by atomic mass is 10.2. The van der Waals surface area contributed by atoms with Crippen molar-refractivity contribution in [3.63, 3.8) is 0 Å². The fraction of sp³-hybridized carbons (Fsp3) is 0.333. The van der Waals surface area contributed by atoms with Crippen molar-refractivity contribution < 1.29 is 9.47 Å². The molecule has 17 heavy (non-hydrogen) atoms. The number of benzene rings is 1. The second-order valence-corrected chi connectivity index (χ2v) is 3.43. The van der Waals surface area contributed by atoms with Crippen LogP contribution in [0.4, 0.5) is 0 Å². The molecule has 0 saturated carbocycles. The highest BCUT2D eigenvalue weighted by Gasteiger charge is 1.89. The van der Waals surface area contributed by atoms with Crippen LogP contribution in [0.2, 0.25) is 0 Å². The molecule has 0 aliphatic rings. The molecule has 0 radical (unpaired) electrons. The molecule has 0 aliphatic carbocycles. The third-order valence-corrected chi connectivity index (χ3v) is 2.11. The van der Waals surface area contributed by atoms with E-state index in [2.05, 4.69) is 24.8 Å². The highest BCUT2D eigenvalue weighted by molar-refractivity contribution is 5.38. The van der Waals surface area contributed by atoms with Crippen molar-refractivity contribution in [2.75, 3.05) is 20.3 Å². The number of hydrogen-bond donors (Lipinski definition) is 0. The fourth-order valence-electron chi connectivity index (χ4n) is 1.23. The zero-order chi connectivity index (χ0) is 12.3. The summed E-state index contributed by atoms with van der Waals surface area (Å²) in [5.74, 6) is 6.85. The monoisotopic (exact) mass is 230 g/mol. The van der Waals surface area contributed by atoms with Gasteiger partial charge in [0.1, 0.15) is 12.4 Å². The molecule has 90 valence electrons. The highest BCUT2D eigenvalue weighted by Crippen LogP contribution is 2.09. The van der Waals surface area contributed by atoms with Crippen LogP contribution in [-0.4, -0.2) is 20.3 Å². The molecule has 0 saturated heterocycles. The molecular formula is C15H18O2. The van der Waals surface area contributed by atoms with E-state index in [0.717, 1.165) is 17.7 Å². The molecule has 0 atom stereocenters. The van der Waals surface area contributed by atoms with Gasteiger partial charge in [-0.3, -0.25) is 0 Å². The van der Waals surface area contributed by atoms with E-state index in [-0.39, 0.29) is 0 Å². The van der Waals surface area contributed by atoms with E-state index in [4.69, 9.17) is 9.47 Å².